The highest BCUT2D eigenvalue weighted by atomic mass is 35.5. The van der Waals surface area contributed by atoms with Crippen LogP contribution in [-0.4, -0.2) is 19.0 Å². The maximum atomic E-state index is 12.2. The Hall–Kier alpha value is -1.84. The number of halogens is 1. The average molecular weight is 305 g/mol. The molecule has 21 heavy (non-hydrogen) atoms. The van der Waals surface area contributed by atoms with Gasteiger partial charge < -0.3 is 10.6 Å². The number of nitrogens with two attached hydrogens (primary N) is 1. The molecule has 2 aromatic carbocycles. The minimum Gasteiger partial charge on any atom is -0.330 e. The van der Waals surface area contributed by atoms with E-state index in [0.717, 1.165) is 12.1 Å². The van der Waals surface area contributed by atoms with Crippen LogP contribution in [0.25, 0.3) is 0 Å². The summed E-state index contributed by atoms with van der Waals surface area (Å²) in [6.07, 6.45) is 1.22. The number of benzene rings is 2. The van der Waals surface area contributed by atoms with E-state index in [2.05, 4.69) is 12.1 Å². The lowest BCUT2D eigenvalue weighted by atomic mass is 10.1. The monoisotopic (exact) mass is 304 g/mol. The number of hydrogen-bond donors (Lipinski definition) is 1. The molecule has 0 spiro atoms. The summed E-state index contributed by atoms with van der Waals surface area (Å²) in [7, 11) is 0. The highest BCUT2D eigenvalue weighted by molar-refractivity contribution is 5.93. The van der Waals surface area contributed by atoms with Gasteiger partial charge in [0, 0.05) is 25.2 Å². The molecule has 2 aromatic rings. The molecular formula is C17H21ClN2O. The van der Waals surface area contributed by atoms with Gasteiger partial charge in [-0.15, -0.1) is 12.4 Å². The van der Waals surface area contributed by atoms with Crippen LogP contribution in [-0.2, 0) is 11.2 Å². The Bertz CT molecular complexity index is 531. The maximum Gasteiger partial charge on any atom is 0.228 e. The first-order valence-electron chi connectivity index (χ1n) is 6.90. The van der Waals surface area contributed by atoms with Crippen molar-refractivity contribution in [2.75, 3.05) is 18.0 Å². The van der Waals surface area contributed by atoms with Gasteiger partial charge in [0.2, 0.25) is 5.91 Å². The van der Waals surface area contributed by atoms with Gasteiger partial charge in [0.05, 0.1) is 0 Å². The van der Waals surface area contributed by atoms with Crippen molar-refractivity contribution in [3.05, 3.63) is 66.2 Å². The van der Waals surface area contributed by atoms with Crippen molar-refractivity contribution in [3.63, 3.8) is 0 Å². The molecule has 2 rings (SSSR count). The molecule has 3 nitrogen and oxygen atoms in total. The lowest BCUT2D eigenvalue weighted by Crippen LogP contribution is -2.34. The predicted octanol–water partition coefficient (Wildman–Crippen LogP) is 3.03. The first-order chi connectivity index (χ1) is 9.81. The Balaban J connectivity index is 0.00000220. The molecule has 0 saturated heterocycles. The van der Waals surface area contributed by atoms with Crippen molar-refractivity contribution in [3.8, 4) is 0 Å². The molecule has 0 heterocycles. The van der Waals surface area contributed by atoms with Crippen LogP contribution < -0.4 is 10.6 Å². The summed E-state index contributed by atoms with van der Waals surface area (Å²) in [4.78, 5) is 14.0. The van der Waals surface area contributed by atoms with Crippen LogP contribution in [0, 0.1) is 0 Å². The molecule has 0 fully saturated rings. The highest BCUT2D eigenvalue weighted by Crippen LogP contribution is 2.15. The van der Waals surface area contributed by atoms with Crippen LogP contribution >= 0.6 is 12.4 Å². The second kappa shape index (κ2) is 9.16. The first-order valence-corrected chi connectivity index (χ1v) is 6.90. The smallest absolute Gasteiger partial charge is 0.228 e. The second-order valence-corrected chi connectivity index (χ2v) is 4.66. The maximum absolute atomic E-state index is 12.2. The summed E-state index contributed by atoms with van der Waals surface area (Å²) < 4.78 is 0. The van der Waals surface area contributed by atoms with E-state index in [1.807, 2.05) is 53.4 Å². The van der Waals surface area contributed by atoms with E-state index in [-0.39, 0.29) is 18.3 Å². The van der Waals surface area contributed by atoms with Gasteiger partial charge in [-0.1, -0.05) is 48.5 Å². The lowest BCUT2D eigenvalue weighted by Gasteiger charge is -2.22. The molecule has 0 unspecified atom stereocenters. The Morgan fingerprint density at radius 3 is 2.10 bits per heavy atom. The Morgan fingerprint density at radius 2 is 1.52 bits per heavy atom. The predicted molar refractivity (Wildman–Crippen MR) is 89.9 cm³/mol. The minimum absolute atomic E-state index is 0. The Kier molecular flexibility index (Phi) is 7.51. The van der Waals surface area contributed by atoms with E-state index >= 15 is 0 Å². The molecule has 0 radical (unpaired) electrons. The third kappa shape index (κ3) is 5.21. The van der Waals surface area contributed by atoms with Crippen LogP contribution in [0.1, 0.15) is 12.0 Å². The van der Waals surface area contributed by atoms with E-state index in [0.29, 0.717) is 19.5 Å². The normalized spacial score (nSPS) is 9.76. The zero-order valence-corrected chi connectivity index (χ0v) is 12.8. The van der Waals surface area contributed by atoms with Crippen molar-refractivity contribution >= 4 is 24.0 Å². The van der Waals surface area contributed by atoms with Gasteiger partial charge in [-0.25, -0.2) is 0 Å². The van der Waals surface area contributed by atoms with E-state index in [4.69, 9.17) is 5.73 Å². The van der Waals surface area contributed by atoms with Gasteiger partial charge >= 0.3 is 0 Å². The van der Waals surface area contributed by atoms with Crippen LogP contribution in [0.4, 0.5) is 5.69 Å². The van der Waals surface area contributed by atoms with Crippen LogP contribution in [0.2, 0.25) is 0 Å². The van der Waals surface area contributed by atoms with E-state index in [1.165, 1.54) is 5.56 Å². The summed E-state index contributed by atoms with van der Waals surface area (Å²) in [5.41, 5.74) is 7.67. The number of carbonyl (C=O) groups excluding carboxylic acids is 1. The fourth-order valence-electron chi connectivity index (χ4n) is 2.15. The van der Waals surface area contributed by atoms with Crippen molar-refractivity contribution in [2.24, 2.45) is 5.73 Å². The first kappa shape index (κ1) is 17.2. The molecule has 0 aliphatic heterocycles. The number of hydrogen-bond acceptors (Lipinski definition) is 2. The lowest BCUT2D eigenvalue weighted by molar-refractivity contribution is -0.118. The van der Waals surface area contributed by atoms with Gasteiger partial charge in [-0.05, 0) is 24.1 Å². The molecule has 0 atom stereocenters. The summed E-state index contributed by atoms with van der Waals surface area (Å²) in [6.45, 7) is 1.06. The minimum atomic E-state index is 0. The summed E-state index contributed by atoms with van der Waals surface area (Å²) in [5.74, 6) is 0.0784. The number of nitrogens with zero attached hydrogens (tertiary/aromatic N) is 1. The topological polar surface area (TPSA) is 46.3 Å². The highest BCUT2D eigenvalue weighted by Gasteiger charge is 2.14. The SMILES string of the molecule is Cl.NCCC(=O)N(CCc1ccccc1)c1ccccc1. The number of rotatable bonds is 6. The summed E-state index contributed by atoms with van der Waals surface area (Å²) in [6, 6.07) is 19.9. The average Bonchev–Trinajstić information content (AvgIpc) is 2.50. The fraction of sp³-hybridized carbons (Fsp3) is 0.235. The molecule has 0 aliphatic carbocycles. The molecule has 0 saturated carbocycles. The number of para-hydroxylation sites is 1. The molecule has 0 aromatic heterocycles. The van der Waals surface area contributed by atoms with Crippen molar-refractivity contribution in [1.82, 2.24) is 0 Å². The van der Waals surface area contributed by atoms with Gasteiger partial charge in [0.1, 0.15) is 0 Å². The second-order valence-electron chi connectivity index (χ2n) is 4.66. The third-order valence-electron chi connectivity index (χ3n) is 3.19. The largest absolute Gasteiger partial charge is 0.330 e. The van der Waals surface area contributed by atoms with Crippen LogP contribution in [0.5, 0.6) is 0 Å². The number of amides is 1. The number of carbonyl (C=O) groups is 1. The van der Waals surface area contributed by atoms with Crippen LogP contribution in [0.3, 0.4) is 0 Å². The number of anilines is 1. The molecule has 2 N–H and O–H groups in total. The van der Waals surface area contributed by atoms with Crippen LogP contribution in [0.15, 0.2) is 60.7 Å². The van der Waals surface area contributed by atoms with E-state index < -0.39 is 0 Å². The summed E-state index contributed by atoms with van der Waals surface area (Å²) in [5, 5.41) is 0. The van der Waals surface area contributed by atoms with Gasteiger partial charge in [-0.2, -0.15) is 0 Å². The van der Waals surface area contributed by atoms with Gasteiger partial charge in [-0.3, -0.25) is 4.79 Å². The summed E-state index contributed by atoms with van der Waals surface area (Å²) >= 11 is 0. The Labute approximate surface area is 132 Å². The van der Waals surface area contributed by atoms with Gasteiger partial charge in [0.15, 0.2) is 0 Å². The quantitative estimate of drug-likeness (QED) is 0.891. The molecule has 112 valence electrons. The zero-order chi connectivity index (χ0) is 14.2. The molecule has 4 heteroatoms. The molecule has 0 aliphatic rings. The molecular weight excluding hydrogens is 284 g/mol. The Morgan fingerprint density at radius 1 is 0.952 bits per heavy atom. The van der Waals surface area contributed by atoms with E-state index in [9.17, 15) is 4.79 Å². The fourth-order valence-corrected chi connectivity index (χ4v) is 2.15. The van der Waals surface area contributed by atoms with Crippen molar-refractivity contribution < 1.29 is 4.79 Å². The van der Waals surface area contributed by atoms with Gasteiger partial charge in [0.25, 0.3) is 0 Å². The standard InChI is InChI=1S/C17H20N2O.ClH/c18-13-11-17(20)19(16-9-5-2-6-10-16)14-12-15-7-3-1-4-8-15;/h1-10H,11-14,18H2;1H. The molecule has 0 bridgehead atoms. The third-order valence-corrected chi connectivity index (χ3v) is 3.19. The van der Waals surface area contributed by atoms with Crippen molar-refractivity contribution in [1.29, 1.82) is 0 Å². The zero-order valence-electron chi connectivity index (χ0n) is 11.9. The van der Waals surface area contributed by atoms with Crippen molar-refractivity contribution in [2.45, 2.75) is 12.8 Å². The molecule has 1 amide bonds. The van der Waals surface area contributed by atoms with E-state index in [1.54, 1.807) is 0 Å².